The van der Waals surface area contributed by atoms with Crippen molar-refractivity contribution in [1.29, 1.82) is 0 Å². The van der Waals surface area contributed by atoms with Crippen LogP contribution in [0.2, 0.25) is 0 Å². The number of fused-ring (bicyclic) bond motifs is 1. The molecule has 0 spiro atoms. The molecular formula is C21H18N4O3S. The second kappa shape index (κ2) is 7.76. The third-order valence-corrected chi connectivity index (χ3v) is 5.56. The van der Waals surface area contributed by atoms with Crippen LogP contribution in [0.1, 0.15) is 0 Å². The lowest BCUT2D eigenvalue weighted by molar-refractivity contribution is 0.414. The molecule has 0 radical (unpaired) electrons. The highest BCUT2D eigenvalue weighted by molar-refractivity contribution is 7.92. The van der Waals surface area contributed by atoms with E-state index < -0.39 is 10.0 Å². The molecule has 0 aliphatic heterocycles. The SMILES string of the molecule is COc1ccc(S(=O)(=O)Nc2nc3ccccc3nc2Nc2ccccc2)cc1. The molecule has 1 aromatic heterocycles. The summed E-state index contributed by atoms with van der Waals surface area (Å²) >= 11 is 0. The Bertz CT molecular complexity index is 1240. The Morgan fingerprint density at radius 3 is 1.97 bits per heavy atom. The van der Waals surface area contributed by atoms with Gasteiger partial charge < -0.3 is 10.1 Å². The lowest BCUT2D eigenvalue weighted by Gasteiger charge is -2.14. The van der Waals surface area contributed by atoms with E-state index in [0.717, 1.165) is 5.69 Å². The van der Waals surface area contributed by atoms with Crippen molar-refractivity contribution in [2.45, 2.75) is 4.90 Å². The van der Waals surface area contributed by atoms with E-state index in [1.54, 1.807) is 18.2 Å². The number of hydrogen-bond donors (Lipinski definition) is 2. The van der Waals surface area contributed by atoms with E-state index in [9.17, 15) is 8.42 Å². The van der Waals surface area contributed by atoms with Gasteiger partial charge in [-0.2, -0.15) is 0 Å². The molecule has 7 nitrogen and oxygen atoms in total. The fraction of sp³-hybridized carbons (Fsp3) is 0.0476. The molecule has 0 fully saturated rings. The van der Waals surface area contributed by atoms with Crippen LogP contribution in [-0.4, -0.2) is 25.5 Å². The van der Waals surface area contributed by atoms with Crippen LogP contribution in [0.25, 0.3) is 11.0 Å². The van der Waals surface area contributed by atoms with Gasteiger partial charge in [-0.1, -0.05) is 30.3 Å². The highest BCUT2D eigenvalue weighted by Gasteiger charge is 2.19. The summed E-state index contributed by atoms with van der Waals surface area (Å²) in [6, 6.07) is 22.7. The van der Waals surface area contributed by atoms with Gasteiger partial charge in [0.15, 0.2) is 11.6 Å². The van der Waals surface area contributed by atoms with Gasteiger partial charge in [0.2, 0.25) is 0 Å². The van der Waals surface area contributed by atoms with E-state index >= 15 is 0 Å². The maximum atomic E-state index is 12.9. The zero-order valence-electron chi connectivity index (χ0n) is 15.5. The fourth-order valence-corrected chi connectivity index (χ4v) is 3.77. The number of nitrogens with zero attached hydrogens (tertiary/aromatic N) is 2. The van der Waals surface area contributed by atoms with Gasteiger partial charge in [-0.25, -0.2) is 18.4 Å². The monoisotopic (exact) mass is 406 g/mol. The molecule has 29 heavy (non-hydrogen) atoms. The second-order valence-electron chi connectivity index (χ2n) is 6.18. The van der Waals surface area contributed by atoms with Gasteiger partial charge in [-0.3, -0.25) is 4.72 Å². The van der Waals surface area contributed by atoms with E-state index in [1.165, 1.54) is 19.2 Å². The molecule has 0 saturated heterocycles. The number of methoxy groups -OCH3 is 1. The number of ether oxygens (including phenoxy) is 1. The van der Waals surface area contributed by atoms with E-state index in [2.05, 4.69) is 20.0 Å². The van der Waals surface area contributed by atoms with Crippen molar-refractivity contribution in [2.75, 3.05) is 17.1 Å². The van der Waals surface area contributed by atoms with E-state index in [1.807, 2.05) is 48.5 Å². The summed E-state index contributed by atoms with van der Waals surface area (Å²) in [6.45, 7) is 0. The van der Waals surface area contributed by atoms with Gasteiger partial charge in [0, 0.05) is 5.69 Å². The van der Waals surface area contributed by atoms with Crippen LogP contribution in [0, 0.1) is 0 Å². The molecule has 3 aromatic carbocycles. The zero-order chi connectivity index (χ0) is 20.3. The number of rotatable bonds is 6. The minimum Gasteiger partial charge on any atom is -0.497 e. The van der Waals surface area contributed by atoms with Crippen LogP contribution >= 0.6 is 0 Å². The van der Waals surface area contributed by atoms with Crippen molar-refractivity contribution in [3.63, 3.8) is 0 Å². The van der Waals surface area contributed by atoms with Gasteiger partial charge >= 0.3 is 0 Å². The Balaban J connectivity index is 1.75. The Labute approximate surface area is 168 Å². The molecule has 1 heterocycles. The minimum atomic E-state index is -3.87. The molecule has 0 amide bonds. The zero-order valence-corrected chi connectivity index (χ0v) is 16.3. The number of hydrogen-bond acceptors (Lipinski definition) is 6. The summed E-state index contributed by atoms with van der Waals surface area (Å²) in [4.78, 5) is 9.13. The normalized spacial score (nSPS) is 11.2. The third kappa shape index (κ3) is 4.12. The number of anilines is 3. The Morgan fingerprint density at radius 1 is 0.759 bits per heavy atom. The summed E-state index contributed by atoms with van der Waals surface area (Å²) in [5.74, 6) is 0.997. The molecule has 0 saturated carbocycles. The van der Waals surface area contributed by atoms with E-state index in [0.29, 0.717) is 22.6 Å². The lowest BCUT2D eigenvalue weighted by atomic mass is 10.3. The van der Waals surface area contributed by atoms with Crippen LogP contribution in [0.15, 0.2) is 83.8 Å². The van der Waals surface area contributed by atoms with E-state index in [4.69, 9.17) is 4.74 Å². The first-order chi connectivity index (χ1) is 14.0. The van der Waals surface area contributed by atoms with Crippen LogP contribution in [0.4, 0.5) is 17.3 Å². The molecule has 8 heteroatoms. The van der Waals surface area contributed by atoms with Crippen molar-refractivity contribution in [2.24, 2.45) is 0 Å². The molecule has 0 aliphatic rings. The number of benzene rings is 3. The molecule has 146 valence electrons. The molecule has 4 aromatic rings. The standard InChI is InChI=1S/C21H18N4O3S/c1-28-16-11-13-17(14-12-16)29(26,27)25-21-20(22-15-7-3-2-4-8-15)23-18-9-5-6-10-19(18)24-21/h2-14H,1H3,(H,22,23)(H,24,25). The van der Waals surface area contributed by atoms with Crippen molar-refractivity contribution in [1.82, 2.24) is 9.97 Å². The smallest absolute Gasteiger partial charge is 0.263 e. The lowest BCUT2D eigenvalue weighted by Crippen LogP contribution is -2.16. The number of sulfonamides is 1. The highest BCUT2D eigenvalue weighted by Crippen LogP contribution is 2.27. The predicted molar refractivity (Wildman–Crippen MR) is 113 cm³/mol. The topological polar surface area (TPSA) is 93.2 Å². The van der Waals surface area contributed by atoms with Gasteiger partial charge in [0.05, 0.1) is 23.0 Å². The van der Waals surface area contributed by atoms with Gasteiger partial charge in [-0.15, -0.1) is 0 Å². The molecule has 0 bridgehead atoms. The minimum absolute atomic E-state index is 0.0962. The fourth-order valence-electron chi connectivity index (χ4n) is 2.76. The summed E-state index contributed by atoms with van der Waals surface area (Å²) in [5.41, 5.74) is 2.00. The first kappa shape index (κ1) is 18.7. The van der Waals surface area contributed by atoms with Gasteiger partial charge in [-0.05, 0) is 48.5 Å². The highest BCUT2D eigenvalue weighted by atomic mass is 32.2. The Morgan fingerprint density at radius 2 is 1.34 bits per heavy atom. The van der Waals surface area contributed by atoms with Crippen molar-refractivity contribution >= 4 is 38.4 Å². The van der Waals surface area contributed by atoms with Crippen molar-refractivity contribution in [3.05, 3.63) is 78.9 Å². The average molecular weight is 406 g/mol. The number of aromatic nitrogens is 2. The third-order valence-electron chi connectivity index (χ3n) is 4.21. The molecule has 4 rings (SSSR count). The predicted octanol–water partition coefficient (Wildman–Crippen LogP) is 4.18. The second-order valence-corrected chi connectivity index (χ2v) is 7.86. The van der Waals surface area contributed by atoms with Gasteiger partial charge in [0.25, 0.3) is 10.0 Å². The molecule has 0 unspecified atom stereocenters. The number of nitrogens with one attached hydrogen (secondary N) is 2. The summed E-state index contributed by atoms with van der Waals surface area (Å²) in [5, 5.41) is 3.14. The van der Waals surface area contributed by atoms with Crippen LogP contribution in [-0.2, 0) is 10.0 Å². The first-order valence-electron chi connectivity index (χ1n) is 8.81. The maximum absolute atomic E-state index is 12.9. The summed E-state index contributed by atoms with van der Waals surface area (Å²) < 4.78 is 33.4. The molecule has 2 N–H and O–H groups in total. The van der Waals surface area contributed by atoms with Crippen LogP contribution < -0.4 is 14.8 Å². The first-order valence-corrected chi connectivity index (χ1v) is 10.3. The number of para-hydroxylation sites is 3. The molecular weight excluding hydrogens is 388 g/mol. The quantitative estimate of drug-likeness (QED) is 0.499. The molecule has 0 aliphatic carbocycles. The summed E-state index contributed by atoms with van der Waals surface area (Å²) in [7, 11) is -2.35. The Hall–Kier alpha value is -3.65. The summed E-state index contributed by atoms with van der Waals surface area (Å²) in [6.07, 6.45) is 0. The average Bonchev–Trinajstić information content (AvgIpc) is 2.75. The van der Waals surface area contributed by atoms with Gasteiger partial charge in [0.1, 0.15) is 5.75 Å². The van der Waals surface area contributed by atoms with Crippen LogP contribution in [0.5, 0.6) is 5.75 Å². The van der Waals surface area contributed by atoms with Crippen LogP contribution in [0.3, 0.4) is 0 Å². The van der Waals surface area contributed by atoms with Crippen molar-refractivity contribution < 1.29 is 13.2 Å². The molecule has 0 atom stereocenters. The van der Waals surface area contributed by atoms with E-state index in [-0.39, 0.29) is 10.7 Å². The largest absolute Gasteiger partial charge is 0.497 e. The maximum Gasteiger partial charge on any atom is 0.263 e. The van der Waals surface area contributed by atoms with Crippen molar-refractivity contribution in [3.8, 4) is 5.75 Å². The Kier molecular flexibility index (Phi) is 5.01.